The fourth-order valence-electron chi connectivity index (χ4n) is 2.64. The third-order valence-corrected chi connectivity index (χ3v) is 4.05. The van der Waals surface area contributed by atoms with Crippen molar-refractivity contribution >= 4 is 22.7 Å². The van der Waals surface area contributed by atoms with E-state index in [0.29, 0.717) is 28.3 Å². The molecule has 8 heteroatoms. The first-order chi connectivity index (χ1) is 13.1. The standard InChI is InChI=1S/C19H15N3O5/c1-25-13-4-6-14-11(8-13)2-5-15(20-14)19(24)22-21-18(23)12-3-7-16-17(9-12)27-10-26-16/h2-9H,10H2,1H3,(H,21,23)(H,22,24). The predicted octanol–water partition coefficient (Wildman–Crippen LogP) is 2.05. The van der Waals surface area contributed by atoms with E-state index in [9.17, 15) is 9.59 Å². The molecule has 2 aromatic carbocycles. The van der Waals surface area contributed by atoms with Gasteiger partial charge in [-0.05, 0) is 42.5 Å². The van der Waals surface area contributed by atoms with Gasteiger partial charge in [-0.1, -0.05) is 6.07 Å². The van der Waals surface area contributed by atoms with E-state index in [4.69, 9.17) is 14.2 Å². The molecule has 4 rings (SSSR count). The lowest BCUT2D eigenvalue weighted by molar-refractivity contribution is 0.0844. The highest BCUT2D eigenvalue weighted by molar-refractivity contribution is 5.99. The van der Waals surface area contributed by atoms with Gasteiger partial charge in [0, 0.05) is 10.9 Å². The third-order valence-electron chi connectivity index (χ3n) is 4.05. The molecule has 2 heterocycles. The van der Waals surface area contributed by atoms with Crippen LogP contribution in [0.25, 0.3) is 10.9 Å². The lowest BCUT2D eigenvalue weighted by atomic mass is 10.2. The number of ether oxygens (including phenoxy) is 3. The summed E-state index contributed by atoms with van der Waals surface area (Å²) in [6, 6.07) is 13.4. The van der Waals surface area contributed by atoms with E-state index in [2.05, 4.69) is 15.8 Å². The van der Waals surface area contributed by atoms with Gasteiger partial charge >= 0.3 is 0 Å². The quantitative estimate of drug-likeness (QED) is 0.689. The van der Waals surface area contributed by atoms with Crippen LogP contribution in [0.3, 0.4) is 0 Å². The fraction of sp³-hybridized carbons (Fsp3) is 0.105. The van der Waals surface area contributed by atoms with Gasteiger partial charge in [0.1, 0.15) is 11.4 Å². The molecule has 8 nitrogen and oxygen atoms in total. The van der Waals surface area contributed by atoms with Crippen molar-refractivity contribution in [3.63, 3.8) is 0 Å². The molecule has 1 aliphatic rings. The van der Waals surface area contributed by atoms with Gasteiger partial charge in [-0.25, -0.2) is 4.98 Å². The third kappa shape index (κ3) is 3.32. The first kappa shape index (κ1) is 16.6. The number of rotatable bonds is 3. The number of hydrazine groups is 1. The molecule has 0 fully saturated rings. The molecule has 0 spiro atoms. The highest BCUT2D eigenvalue weighted by Crippen LogP contribution is 2.32. The first-order valence-corrected chi connectivity index (χ1v) is 8.09. The molecule has 3 aromatic rings. The Morgan fingerprint density at radius 3 is 2.63 bits per heavy atom. The van der Waals surface area contributed by atoms with Crippen molar-refractivity contribution in [1.29, 1.82) is 0 Å². The molecule has 1 aromatic heterocycles. The van der Waals surface area contributed by atoms with E-state index in [0.717, 1.165) is 5.39 Å². The van der Waals surface area contributed by atoms with Crippen LogP contribution in [0.1, 0.15) is 20.8 Å². The predicted molar refractivity (Wildman–Crippen MR) is 95.8 cm³/mol. The Balaban J connectivity index is 1.44. The summed E-state index contributed by atoms with van der Waals surface area (Å²) in [6.45, 7) is 0.122. The van der Waals surface area contributed by atoms with Crippen LogP contribution in [0.5, 0.6) is 17.2 Å². The second kappa shape index (κ2) is 6.83. The monoisotopic (exact) mass is 365 g/mol. The second-order valence-electron chi connectivity index (χ2n) is 5.73. The van der Waals surface area contributed by atoms with Crippen molar-refractivity contribution in [2.45, 2.75) is 0 Å². The van der Waals surface area contributed by atoms with Crippen molar-refractivity contribution in [2.24, 2.45) is 0 Å². The summed E-state index contributed by atoms with van der Waals surface area (Å²) in [4.78, 5) is 28.8. The van der Waals surface area contributed by atoms with Gasteiger partial charge in [0.2, 0.25) is 6.79 Å². The van der Waals surface area contributed by atoms with Gasteiger partial charge in [-0.15, -0.1) is 0 Å². The summed E-state index contributed by atoms with van der Waals surface area (Å²) in [5.41, 5.74) is 5.87. The van der Waals surface area contributed by atoms with Gasteiger partial charge in [0.15, 0.2) is 11.5 Å². The van der Waals surface area contributed by atoms with Crippen LogP contribution in [0, 0.1) is 0 Å². The number of benzene rings is 2. The van der Waals surface area contributed by atoms with Crippen LogP contribution < -0.4 is 25.1 Å². The van der Waals surface area contributed by atoms with E-state index in [1.165, 1.54) is 0 Å². The minimum Gasteiger partial charge on any atom is -0.497 e. The highest BCUT2D eigenvalue weighted by atomic mass is 16.7. The average Bonchev–Trinajstić information content (AvgIpc) is 3.18. The van der Waals surface area contributed by atoms with Crippen LogP contribution in [0.2, 0.25) is 0 Å². The van der Waals surface area contributed by atoms with Crippen LogP contribution >= 0.6 is 0 Å². The molecule has 0 saturated carbocycles. The normalized spacial score (nSPS) is 11.9. The molecule has 0 radical (unpaired) electrons. The second-order valence-corrected chi connectivity index (χ2v) is 5.73. The summed E-state index contributed by atoms with van der Waals surface area (Å²) in [5.74, 6) is 0.764. The SMILES string of the molecule is COc1ccc2nc(C(=O)NNC(=O)c3ccc4c(c3)OCO4)ccc2c1. The number of carbonyl (C=O) groups is 2. The number of aromatic nitrogens is 1. The molecule has 1 aliphatic heterocycles. The largest absolute Gasteiger partial charge is 0.497 e. The molecular weight excluding hydrogens is 350 g/mol. The zero-order chi connectivity index (χ0) is 18.8. The number of methoxy groups -OCH3 is 1. The zero-order valence-corrected chi connectivity index (χ0v) is 14.3. The highest BCUT2D eigenvalue weighted by Gasteiger charge is 2.17. The molecule has 0 unspecified atom stereocenters. The molecule has 0 bridgehead atoms. The van der Waals surface area contributed by atoms with Gasteiger partial charge < -0.3 is 14.2 Å². The van der Waals surface area contributed by atoms with Crippen molar-refractivity contribution in [1.82, 2.24) is 15.8 Å². The molecule has 0 atom stereocenters. The maximum absolute atomic E-state index is 12.3. The molecule has 0 aliphatic carbocycles. The topological polar surface area (TPSA) is 98.8 Å². The maximum atomic E-state index is 12.3. The number of carbonyl (C=O) groups excluding carboxylic acids is 2. The molecular formula is C19H15N3O5. The van der Waals surface area contributed by atoms with Crippen molar-refractivity contribution < 1.29 is 23.8 Å². The summed E-state index contributed by atoms with van der Waals surface area (Å²) >= 11 is 0. The van der Waals surface area contributed by atoms with Gasteiger partial charge in [0.05, 0.1) is 12.6 Å². The number of hydrogen-bond acceptors (Lipinski definition) is 6. The molecule has 27 heavy (non-hydrogen) atoms. The van der Waals surface area contributed by atoms with E-state index in [-0.39, 0.29) is 12.5 Å². The Labute approximate surface area is 154 Å². The number of fused-ring (bicyclic) bond motifs is 2. The summed E-state index contributed by atoms with van der Waals surface area (Å²) in [6.07, 6.45) is 0. The Hall–Kier alpha value is -3.81. The van der Waals surface area contributed by atoms with Crippen molar-refractivity contribution in [3.05, 3.63) is 59.8 Å². The molecule has 0 saturated heterocycles. The maximum Gasteiger partial charge on any atom is 0.288 e. The van der Waals surface area contributed by atoms with Gasteiger partial charge in [-0.2, -0.15) is 0 Å². The van der Waals surface area contributed by atoms with Gasteiger partial charge in [0.25, 0.3) is 11.8 Å². The Kier molecular flexibility index (Phi) is 4.21. The molecule has 2 N–H and O–H groups in total. The van der Waals surface area contributed by atoms with Crippen molar-refractivity contribution in [2.75, 3.05) is 13.9 Å². The van der Waals surface area contributed by atoms with E-state index < -0.39 is 11.8 Å². The summed E-state index contributed by atoms with van der Waals surface area (Å²) < 4.78 is 15.6. The molecule has 2 amide bonds. The zero-order valence-electron chi connectivity index (χ0n) is 14.3. The fourth-order valence-corrected chi connectivity index (χ4v) is 2.64. The van der Waals surface area contributed by atoms with Crippen LogP contribution in [-0.4, -0.2) is 30.7 Å². The number of pyridine rings is 1. The Bertz CT molecular complexity index is 1050. The Morgan fingerprint density at radius 2 is 1.78 bits per heavy atom. The minimum atomic E-state index is -0.526. The number of nitrogens with one attached hydrogen (secondary N) is 2. The van der Waals surface area contributed by atoms with Gasteiger partial charge in [-0.3, -0.25) is 20.4 Å². The molecule has 136 valence electrons. The minimum absolute atomic E-state index is 0.122. The number of hydrogen-bond donors (Lipinski definition) is 2. The lowest BCUT2D eigenvalue weighted by Gasteiger charge is -2.08. The average molecular weight is 365 g/mol. The lowest BCUT2D eigenvalue weighted by Crippen LogP contribution is -2.41. The van der Waals surface area contributed by atoms with E-state index in [1.54, 1.807) is 49.6 Å². The first-order valence-electron chi connectivity index (χ1n) is 8.09. The number of nitrogens with zero attached hydrogens (tertiary/aromatic N) is 1. The summed E-state index contributed by atoms with van der Waals surface area (Å²) in [5, 5.41) is 0.843. The van der Waals surface area contributed by atoms with Crippen molar-refractivity contribution in [3.8, 4) is 17.2 Å². The summed E-state index contributed by atoms with van der Waals surface area (Å²) in [7, 11) is 1.58. The van der Waals surface area contributed by atoms with Crippen LogP contribution in [-0.2, 0) is 0 Å². The van der Waals surface area contributed by atoms with Crippen LogP contribution in [0.15, 0.2) is 48.5 Å². The van der Waals surface area contributed by atoms with E-state index >= 15 is 0 Å². The van der Waals surface area contributed by atoms with E-state index in [1.807, 2.05) is 6.07 Å². The Morgan fingerprint density at radius 1 is 0.963 bits per heavy atom. The number of amides is 2. The smallest absolute Gasteiger partial charge is 0.288 e. The van der Waals surface area contributed by atoms with Crippen LogP contribution in [0.4, 0.5) is 0 Å².